The van der Waals surface area contributed by atoms with E-state index in [0.29, 0.717) is 18.1 Å². The van der Waals surface area contributed by atoms with E-state index in [1.165, 1.54) is 11.3 Å². The molecule has 1 aromatic heterocycles. The number of aromatic nitrogens is 1. The van der Waals surface area contributed by atoms with Gasteiger partial charge in [-0.05, 0) is 19.3 Å². The molecule has 0 spiro atoms. The van der Waals surface area contributed by atoms with Crippen molar-refractivity contribution in [2.75, 3.05) is 25.0 Å². The summed E-state index contributed by atoms with van der Waals surface area (Å²) in [6.07, 6.45) is 5.95. The Bertz CT molecular complexity index is 472. The van der Waals surface area contributed by atoms with E-state index in [0.717, 1.165) is 32.3 Å². The van der Waals surface area contributed by atoms with Crippen LogP contribution in [0.1, 0.15) is 39.0 Å². The molecular weight excluding hydrogens is 302 g/mol. The molecule has 0 aliphatic carbocycles. The van der Waals surface area contributed by atoms with Gasteiger partial charge in [0.1, 0.15) is 6.54 Å². The monoisotopic (exact) mass is 325 g/mol. The van der Waals surface area contributed by atoms with Crippen molar-refractivity contribution in [3.63, 3.8) is 0 Å². The van der Waals surface area contributed by atoms with Crippen LogP contribution in [0, 0.1) is 0 Å². The van der Waals surface area contributed by atoms with Gasteiger partial charge < -0.3 is 15.0 Å². The number of rotatable bonds is 8. The molecule has 1 N–H and O–H groups in total. The summed E-state index contributed by atoms with van der Waals surface area (Å²) < 4.78 is 5.59. The predicted molar refractivity (Wildman–Crippen MR) is 85.8 cm³/mol. The lowest BCUT2D eigenvalue weighted by Crippen LogP contribution is -2.42. The Labute approximate surface area is 134 Å². The first-order valence-corrected chi connectivity index (χ1v) is 8.65. The van der Waals surface area contributed by atoms with Crippen LogP contribution in [0.5, 0.6) is 0 Å². The molecular formula is C15H23N3O3S. The number of nitrogens with zero attached hydrogens (tertiary/aromatic N) is 2. The zero-order chi connectivity index (χ0) is 15.8. The molecule has 1 aliphatic rings. The largest absolute Gasteiger partial charge is 0.376 e. The quantitative estimate of drug-likeness (QED) is 0.796. The number of thiazole rings is 1. The smallest absolute Gasteiger partial charge is 0.245 e. The average molecular weight is 325 g/mol. The molecule has 0 radical (unpaired) electrons. The van der Waals surface area contributed by atoms with Gasteiger partial charge in [-0.3, -0.25) is 9.59 Å². The molecule has 2 heterocycles. The minimum absolute atomic E-state index is 0.0200. The van der Waals surface area contributed by atoms with E-state index in [1.807, 2.05) is 6.92 Å². The second-order valence-corrected chi connectivity index (χ2v) is 6.29. The van der Waals surface area contributed by atoms with Crippen molar-refractivity contribution in [1.29, 1.82) is 0 Å². The minimum Gasteiger partial charge on any atom is -0.376 e. The van der Waals surface area contributed by atoms with E-state index >= 15 is 0 Å². The van der Waals surface area contributed by atoms with Crippen molar-refractivity contribution in [3.05, 3.63) is 11.6 Å². The predicted octanol–water partition coefficient (Wildman–Crippen LogP) is 2.28. The topological polar surface area (TPSA) is 71.5 Å². The van der Waals surface area contributed by atoms with Crippen molar-refractivity contribution >= 4 is 28.3 Å². The Morgan fingerprint density at radius 3 is 3.05 bits per heavy atom. The van der Waals surface area contributed by atoms with Gasteiger partial charge in [0.25, 0.3) is 0 Å². The molecule has 0 aromatic carbocycles. The second kappa shape index (κ2) is 8.85. The summed E-state index contributed by atoms with van der Waals surface area (Å²) in [5.74, 6) is -0.190. The molecule has 22 heavy (non-hydrogen) atoms. The SMILES string of the molecule is CCCCC(=O)N(CC(=O)Nc1nccs1)CC1CCCO1. The molecule has 0 saturated carbocycles. The van der Waals surface area contributed by atoms with Gasteiger partial charge in [-0.2, -0.15) is 0 Å². The summed E-state index contributed by atoms with van der Waals surface area (Å²) in [5, 5.41) is 5.08. The maximum Gasteiger partial charge on any atom is 0.245 e. The van der Waals surface area contributed by atoms with Crippen LogP contribution in [0.4, 0.5) is 5.13 Å². The molecule has 1 atom stereocenters. The molecule has 1 aromatic rings. The van der Waals surface area contributed by atoms with Gasteiger partial charge in [0, 0.05) is 31.1 Å². The lowest BCUT2D eigenvalue weighted by atomic mass is 10.2. The molecule has 2 amide bonds. The van der Waals surface area contributed by atoms with Crippen molar-refractivity contribution < 1.29 is 14.3 Å². The molecule has 0 bridgehead atoms. The van der Waals surface area contributed by atoms with E-state index in [4.69, 9.17) is 4.74 Å². The highest BCUT2D eigenvalue weighted by atomic mass is 32.1. The van der Waals surface area contributed by atoms with E-state index in [-0.39, 0.29) is 24.5 Å². The Morgan fingerprint density at radius 2 is 2.41 bits per heavy atom. The molecule has 2 rings (SSSR count). The molecule has 1 saturated heterocycles. The van der Waals surface area contributed by atoms with Gasteiger partial charge in [0.2, 0.25) is 11.8 Å². The standard InChI is InChI=1S/C15H23N3O3S/c1-2-3-6-14(20)18(10-12-5-4-8-21-12)11-13(19)17-15-16-7-9-22-15/h7,9,12H,2-6,8,10-11H2,1H3,(H,16,17,19). The van der Waals surface area contributed by atoms with E-state index < -0.39 is 0 Å². The summed E-state index contributed by atoms with van der Waals surface area (Å²) in [6, 6.07) is 0. The lowest BCUT2D eigenvalue weighted by molar-refractivity contribution is -0.136. The van der Waals surface area contributed by atoms with Gasteiger partial charge in [-0.1, -0.05) is 13.3 Å². The highest BCUT2D eigenvalue weighted by Crippen LogP contribution is 2.15. The number of nitrogens with one attached hydrogen (secondary N) is 1. The second-order valence-electron chi connectivity index (χ2n) is 5.40. The third kappa shape index (κ3) is 5.38. The fourth-order valence-corrected chi connectivity index (χ4v) is 2.94. The van der Waals surface area contributed by atoms with Gasteiger partial charge >= 0.3 is 0 Å². The summed E-state index contributed by atoms with van der Waals surface area (Å²) in [7, 11) is 0. The molecule has 6 nitrogen and oxygen atoms in total. The fraction of sp³-hybridized carbons (Fsp3) is 0.667. The molecule has 1 unspecified atom stereocenters. The van der Waals surface area contributed by atoms with Crippen LogP contribution in [0.25, 0.3) is 0 Å². The zero-order valence-electron chi connectivity index (χ0n) is 12.9. The number of amides is 2. The highest BCUT2D eigenvalue weighted by molar-refractivity contribution is 7.13. The first-order valence-electron chi connectivity index (χ1n) is 7.77. The summed E-state index contributed by atoms with van der Waals surface area (Å²) in [5.41, 5.74) is 0. The normalized spacial score (nSPS) is 17.4. The maximum atomic E-state index is 12.3. The number of ether oxygens (including phenoxy) is 1. The van der Waals surface area contributed by atoms with E-state index in [1.54, 1.807) is 16.5 Å². The highest BCUT2D eigenvalue weighted by Gasteiger charge is 2.24. The van der Waals surface area contributed by atoms with Crippen molar-refractivity contribution in [3.8, 4) is 0 Å². The molecule has 7 heteroatoms. The van der Waals surface area contributed by atoms with E-state index in [2.05, 4.69) is 10.3 Å². The number of carbonyl (C=O) groups excluding carboxylic acids is 2. The van der Waals surface area contributed by atoms with Gasteiger partial charge in [-0.25, -0.2) is 4.98 Å². The van der Waals surface area contributed by atoms with Crippen molar-refractivity contribution in [2.45, 2.75) is 45.1 Å². The number of anilines is 1. The van der Waals surface area contributed by atoms with Crippen LogP contribution >= 0.6 is 11.3 Å². The lowest BCUT2D eigenvalue weighted by Gasteiger charge is -2.24. The Balaban J connectivity index is 1.89. The van der Waals surface area contributed by atoms with Gasteiger partial charge in [0.15, 0.2) is 5.13 Å². The third-order valence-electron chi connectivity index (χ3n) is 3.56. The summed E-state index contributed by atoms with van der Waals surface area (Å²) >= 11 is 1.36. The van der Waals surface area contributed by atoms with Crippen LogP contribution < -0.4 is 5.32 Å². The van der Waals surface area contributed by atoms with E-state index in [9.17, 15) is 9.59 Å². The number of carbonyl (C=O) groups is 2. The van der Waals surface area contributed by atoms with Crippen LogP contribution in [0.2, 0.25) is 0 Å². The van der Waals surface area contributed by atoms with Crippen LogP contribution in [-0.2, 0) is 14.3 Å². The summed E-state index contributed by atoms with van der Waals surface area (Å²) in [4.78, 5) is 30.0. The van der Waals surface area contributed by atoms with Gasteiger partial charge in [0.05, 0.1) is 6.10 Å². The number of hydrogen-bond donors (Lipinski definition) is 1. The molecule has 122 valence electrons. The molecule has 1 aliphatic heterocycles. The Kier molecular flexibility index (Phi) is 6.79. The Hall–Kier alpha value is -1.47. The fourth-order valence-electron chi connectivity index (χ4n) is 2.39. The first-order chi connectivity index (χ1) is 10.7. The first kappa shape index (κ1) is 16.9. The van der Waals surface area contributed by atoms with Crippen LogP contribution in [0.15, 0.2) is 11.6 Å². The van der Waals surface area contributed by atoms with Crippen LogP contribution in [-0.4, -0.2) is 47.5 Å². The minimum atomic E-state index is -0.210. The summed E-state index contributed by atoms with van der Waals surface area (Å²) in [6.45, 7) is 3.34. The van der Waals surface area contributed by atoms with Crippen molar-refractivity contribution in [1.82, 2.24) is 9.88 Å². The number of hydrogen-bond acceptors (Lipinski definition) is 5. The third-order valence-corrected chi connectivity index (χ3v) is 4.25. The molecule has 1 fully saturated rings. The van der Waals surface area contributed by atoms with Gasteiger partial charge in [-0.15, -0.1) is 11.3 Å². The van der Waals surface area contributed by atoms with Crippen molar-refractivity contribution in [2.24, 2.45) is 0 Å². The maximum absolute atomic E-state index is 12.3. The zero-order valence-corrected chi connectivity index (χ0v) is 13.7. The Morgan fingerprint density at radius 1 is 1.55 bits per heavy atom. The number of unbranched alkanes of at least 4 members (excludes halogenated alkanes) is 1. The van der Waals surface area contributed by atoms with Crippen LogP contribution in [0.3, 0.4) is 0 Å². The average Bonchev–Trinajstić information content (AvgIpc) is 3.17.